The molecule has 16 heavy (non-hydrogen) atoms. The molecule has 0 aliphatic rings. The largest absolute Gasteiger partial charge is 0.372 e. The molecule has 0 fully saturated rings. The lowest BCUT2D eigenvalue weighted by atomic mass is 10.2. The van der Waals surface area contributed by atoms with E-state index in [4.69, 9.17) is 5.48 Å². The molecule has 0 radical (unpaired) electrons. The summed E-state index contributed by atoms with van der Waals surface area (Å²) in [6, 6.07) is 0.210. The van der Waals surface area contributed by atoms with E-state index >= 15 is 0 Å². The Morgan fingerprint density at radius 2 is 1.00 bits per heavy atom. The van der Waals surface area contributed by atoms with Crippen LogP contribution in [-0.2, 0) is 0 Å². The summed E-state index contributed by atoms with van der Waals surface area (Å²) in [5.74, 6) is 0. The van der Waals surface area contributed by atoms with Crippen LogP contribution in [0.1, 0.15) is 33.2 Å². The van der Waals surface area contributed by atoms with Gasteiger partial charge in [0.05, 0.1) is 5.48 Å². The fraction of sp³-hybridized carbons (Fsp3) is 0.571. The third kappa shape index (κ3) is 2.91. The highest BCUT2D eigenvalue weighted by Crippen LogP contribution is 2.20. The lowest BCUT2D eigenvalue weighted by Gasteiger charge is -2.24. The second kappa shape index (κ2) is 6.41. The summed E-state index contributed by atoms with van der Waals surface area (Å²) in [6.45, 7) is 10.5. The number of hydrogen-bond donors (Lipinski definition) is 0. The van der Waals surface area contributed by atoms with Crippen molar-refractivity contribution in [1.29, 1.82) is 0 Å². The maximum atomic E-state index is 8.20. The molecule has 1 aromatic rings. The van der Waals surface area contributed by atoms with E-state index in [1.807, 2.05) is 37.5 Å². The molecule has 0 amide bonds. The fourth-order valence-corrected chi connectivity index (χ4v) is 1.70. The number of hydrogen-bond acceptors (Lipinski definition) is 2. The van der Waals surface area contributed by atoms with Gasteiger partial charge in [0.1, 0.15) is 0 Å². The lowest BCUT2D eigenvalue weighted by Crippen LogP contribution is -2.23. The van der Waals surface area contributed by atoms with E-state index in [0.717, 1.165) is 0 Å². The Bertz CT molecular complexity index is 397. The van der Waals surface area contributed by atoms with Crippen LogP contribution >= 0.6 is 0 Å². The molecule has 1 rings (SSSR count). The van der Waals surface area contributed by atoms with Crippen molar-refractivity contribution in [3.63, 3.8) is 0 Å². The zero-order valence-electron chi connectivity index (χ0n) is 14.7. The minimum absolute atomic E-state index is 0.0524. The van der Waals surface area contributed by atoms with Crippen molar-refractivity contribution in [1.82, 2.24) is 0 Å². The van der Waals surface area contributed by atoms with Crippen LogP contribution in [0, 0.1) is 0 Å². The summed E-state index contributed by atoms with van der Waals surface area (Å²) >= 11 is 0. The van der Waals surface area contributed by atoms with Crippen molar-refractivity contribution in [3.05, 3.63) is 24.2 Å². The van der Waals surface area contributed by atoms with Crippen LogP contribution in [-0.4, -0.2) is 26.2 Å². The molecule has 0 bridgehead atoms. The van der Waals surface area contributed by atoms with Crippen LogP contribution in [0.25, 0.3) is 0 Å². The standard InChI is InChI=1S/C14H24N2/c1-5-15(6-2)13-9-11-14(12-10-13)16(7-3)8-4/h9-12H,5-8H2,1-4H3/i9D,10D,11D,12D. The van der Waals surface area contributed by atoms with E-state index in [0.29, 0.717) is 37.6 Å². The van der Waals surface area contributed by atoms with Gasteiger partial charge in [0.2, 0.25) is 0 Å². The van der Waals surface area contributed by atoms with Gasteiger partial charge >= 0.3 is 0 Å². The zero-order valence-corrected chi connectivity index (χ0v) is 10.7. The number of benzene rings is 1. The molecular weight excluding hydrogens is 196 g/mol. The van der Waals surface area contributed by atoms with Gasteiger partial charge in [-0.2, -0.15) is 0 Å². The van der Waals surface area contributed by atoms with Gasteiger partial charge in [-0.15, -0.1) is 0 Å². The van der Waals surface area contributed by atoms with Crippen LogP contribution in [0.4, 0.5) is 11.4 Å². The third-order valence-corrected chi connectivity index (χ3v) is 2.76. The average molecular weight is 224 g/mol. The molecule has 90 valence electrons. The van der Waals surface area contributed by atoms with Crippen LogP contribution in [0.5, 0.6) is 0 Å². The second-order valence-corrected chi connectivity index (χ2v) is 3.54. The zero-order chi connectivity index (χ0) is 15.4. The summed E-state index contributed by atoms with van der Waals surface area (Å²) < 4.78 is 32.8. The SMILES string of the molecule is [2H]c1c([2H])c(N(CC)CC)c([2H])c([2H])c1N(CC)CC. The molecule has 0 spiro atoms. The van der Waals surface area contributed by atoms with Crippen LogP contribution in [0.2, 0.25) is 0 Å². The molecule has 0 aliphatic carbocycles. The molecule has 0 atom stereocenters. The Morgan fingerprint density at radius 1 is 0.750 bits per heavy atom. The smallest absolute Gasteiger partial charge is 0.0645 e. The van der Waals surface area contributed by atoms with Crippen molar-refractivity contribution >= 4 is 11.4 Å². The monoisotopic (exact) mass is 224 g/mol. The van der Waals surface area contributed by atoms with Gasteiger partial charge in [-0.25, -0.2) is 0 Å². The van der Waals surface area contributed by atoms with Gasteiger partial charge in [0.15, 0.2) is 0 Å². The topological polar surface area (TPSA) is 6.48 Å². The summed E-state index contributed by atoms with van der Waals surface area (Å²) in [5.41, 5.74) is 0.807. The molecule has 0 aliphatic heterocycles. The summed E-state index contributed by atoms with van der Waals surface area (Å²) in [6.07, 6.45) is 0. The normalized spacial score (nSPS) is 13.8. The molecule has 0 unspecified atom stereocenters. The van der Waals surface area contributed by atoms with Crippen LogP contribution in [0.3, 0.4) is 0 Å². The Kier molecular flexibility index (Phi) is 3.20. The Morgan fingerprint density at radius 3 is 1.19 bits per heavy atom. The maximum absolute atomic E-state index is 8.20. The van der Waals surface area contributed by atoms with E-state index in [-0.39, 0.29) is 24.2 Å². The average Bonchev–Trinajstić information content (AvgIpc) is 2.46. The number of anilines is 2. The highest BCUT2D eigenvalue weighted by molar-refractivity contribution is 5.56. The van der Waals surface area contributed by atoms with E-state index in [9.17, 15) is 0 Å². The van der Waals surface area contributed by atoms with Gasteiger partial charge < -0.3 is 9.80 Å². The van der Waals surface area contributed by atoms with Crippen molar-refractivity contribution in [2.24, 2.45) is 0 Å². The molecule has 2 nitrogen and oxygen atoms in total. The molecule has 0 heterocycles. The van der Waals surface area contributed by atoms with Crippen molar-refractivity contribution in [3.8, 4) is 0 Å². The number of nitrogens with zero attached hydrogens (tertiary/aromatic N) is 2. The van der Waals surface area contributed by atoms with Crippen molar-refractivity contribution < 1.29 is 5.48 Å². The molecule has 1 aromatic carbocycles. The highest BCUT2D eigenvalue weighted by atomic mass is 15.1. The molecule has 0 saturated heterocycles. The van der Waals surface area contributed by atoms with Crippen molar-refractivity contribution in [2.75, 3.05) is 36.0 Å². The first-order valence-electron chi connectivity index (χ1n) is 8.04. The fourth-order valence-electron chi connectivity index (χ4n) is 1.70. The van der Waals surface area contributed by atoms with Gasteiger partial charge in [-0.3, -0.25) is 0 Å². The van der Waals surface area contributed by atoms with E-state index in [2.05, 4.69) is 0 Å². The Hall–Kier alpha value is -1.18. The van der Waals surface area contributed by atoms with E-state index < -0.39 is 0 Å². The van der Waals surface area contributed by atoms with Gasteiger partial charge in [0, 0.05) is 37.6 Å². The summed E-state index contributed by atoms with van der Waals surface area (Å²) in [4.78, 5) is 3.74. The minimum atomic E-state index is 0.0524. The van der Waals surface area contributed by atoms with Gasteiger partial charge in [0.25, 0.3) is 0 Å². The Balaban J connectivity index is 3.56. The Labute approximate surface area is 105 Å². The minimum Gasteiger partial charge on any atom is -0.372 e. The molecular formula is C14H24N2. The molecule has 0 N–H and O–H groups in total. The second-order valence-electron chi connectivity index (χ2n) is 3.54. The quantitative estimate of drug-likeness (QED) is 0.731. The number of rotatable bonds is 6. The summed E-state index contributed by atoms with van der Waals surface area (Å²) in [5, 5.41) is 0. The third-order valence-electron chi connectivity index (χ3n) is 2.76. The predicted molar refractivity (Wildman–Crippen MR) is 73.6 cm³/mol. The van der Waals surface area contributed by atoms with E-state index in [1.54, 1.807) is 0 Å². The maximum Gasteiger partial charge on any atom is 0.0645 e. The summed E-state index contributed by atoms with van der Waals surface area (Å²) in [7, 11) is 0. The first-order valence-corrected chi connectivity index (χ1v) is 6.04. The van der Waals surface area contributed by atoms with Crippen LogP contribution < -0.4 is 9.80 Å². The van der Waals surface area contributed by atoms with E-state index in [1.165, 1.54) is 0 Å². The first kappa shape index (κ1) is 7.99. The molecule has 2 heteroatoms. The van der Waals surface area contributed by atoms with Crippen LogP contribution in [0.15, 0.2) is 24.2 Å². The lowest BCUT2D eigenvalue weighted by molar-refractivity contribution is 0.856. The van der Waals surface area contributed by atoms with Crippen molar-refractivity contribution in [2.45, 2.75) is 27.7 Å². The molecule has 0 aromatic heterocycles. The first-order chi connectivity index (χ1) is 9.44. The van der Waals surface area contributed by atoms with Gasteiger partial charge in [-0.1, -0.05) is 0 Å². The predicted octanol–water partition coefficient (Wildman–Crippen LogP) is 3.38. The van der Waals surface area contributed by atoms with Gasteiger partial charge in [-0.05, 0) is 51.9 Å². The highest BCUT2D eigenvalue weighted by Gasteiger charge is 2.04. The molecule has 0 saturated carbocycles.